The lowest BCUT2D eigenvalue weighted by atomic mass is 9.66. The van der Waals surface area contributed by atoms with Gasteiger partial charge in [-0.3, -0.25) is 4.79 Å². The molecule has 1 unspecified atom stereocenters. The second-order valence-corrected chi connectivity index (χ2v) is 3.65. The van der Waals surface area contributed by atoms with E-state index in [0.29, 0.717) is 12.8 Å². The van der Waals surface area contributed by atoms with Crippen LogP contribution in [0, 0.1) is 5.92 Å². The van der Waals surface area contributed by atoms with Crippen molar-refractivity contribution in [2.45, 2.75) is 31.3 Å². The van der Waals surface area contributed by atoms with Crippen LogP contribution in [0.25, 0.3) is 0 Å². The van der Waals surface area contributed by atoms with Crippen LogP contribution in [-0.4, -0.2) is 24.7 Å². The van der Waals surface area contributed by atoms with Gasteiger partial charge in [-0.25, -0.2) is 0 Å². The first-order valence-corrected chi connectivity index (χ1v) is 4.12. The molecule has 0 aromatic rings. The second-order valence-electron chi connectivity index (χ2n) is 3.65. The highest BCUT2D eigenvalue weighted by molar-refractivity contribution is 5.73. The van der Waals surface area contributed by atoms with Gasteiger partial charge >= 0.3 is 5.97 Å². The molecule has 12 heavy (non-hydrogen) atoms. The molecule has 0 aliphatic heterocycles. The summed E-state index contributed by atoms with van der Waals surface area (Å²) in [6, 6.07) is 0.155. The number of esters is 1. The first-order chi connectivity index (χ1) is 5.49. The fourth-order valence-electron chi connectivity index (χ4n) is 1.68. The maximum absolute atomic E-state index is 11.1. The Hall–Kier alpha value is -0.610. The molecule has 0 saturated heterocycles. The van der Waals surface area contributed by atoms with E-state index < -0.39 is 5.54 Å². The van der Waals surface area contributed by atoms with Gasteiger partial charge in [0.15, 0.2) is 0 Å². The van der Waals surface area contributed by atoms with E-state index in [1.807, 2.05) is 0 Å². The van der Waals surface area contributed by atoms with E-state index in [0.717, 1.165) is 0 Å². The van der Waals surface area contributed by atoms with E-state index in [4.69, 9.17) is 11.5 Å². The topological polar surface area (TPSA) is 78.3 Å². The zero-order valence-corrected chi connectivity index (χ0v) is 7.54. The Morgan fingerprint density at radius 3 is 2.50 bits per heavy atom. The van der Waals surface area contributed by atoms with E-state index in [1.54, 1.807) is 6.92 Å². The van der Waals surface area contributed by atoms with Crippen LogP contribution in [0.1, 0.15) is 19.8 Å². The van der Waals surface area contributed by atoms with Crippen molar-refractivity contribution in [1.82, 2.24) is 0 Å². The molecule has 4 nitrogen and oxygen atoms in total. The first-order valence-electron chi connectivity index (χ1n) is 4.12. The van der Waals surface area contributed by atoms with Crippen molar-refractivity contribution < 1.29 is 9.53 Å². The van der Waals surface area contributed by atoms with E-state index in [2.05, 4.69) is 4.74 Å². The van der Waals surface area contributed by atoms with Crippen molar-refractivity contribution in [3.63, 3.8) is 0 Å². The third kappa shape index (κ3) is 1.44. The Labute approximate surface area is 72.2 Å². The molecule has 1 fully saturated rings. The van der Waals surface area contributed by atoms with Crippen LogP contribution in [0.2, 0.25) is 0 Å². The van der Waals surface area contributed by atoms with Gasteiger partial charge in [0.25, 0.3) is 0 Å². The summed E-state index contributed by atoms with van der Waals surface area (Å²) in [5.74, 6) is -0.494. The van der Waals surface area contributed by atoms with Gasteiger partial charge in [-0.2, -0.15) is 0 Å². The number of ether oxygens (including phenoxy) is 1. The molecule has 0 amide bonds. The number of hydrogen-bond donors (Lipinski definition) is 2. The number of rotatable bonds is 2. The average Bonchev–Trinajstić information content (AvgIpc) is 1.99. The van der Waals surface area contributed by atoms with Crippen LogP contribution in [0.4, 0.5) is 0 Å². The molecular weight excluding hydrogens is 156 g/mol. The highest BCUT2D eigenvalue weighted by Gasteiger charge is 2.46. The van der Waals surface area contributed by atoms with E-state index in [1.165, 1.54) is 7.11 Å². The third-order valence-corrected chi connectivity index (χ3v) is 2.70. The van der Waals surface area contributed by atoms with Gasteiger partial charge < -0.3 is 16.2 Å². The zero-order valence-electron chi connectivity index (χ0n) is 7.54. The van der Waals surface area contributed by atoms with Crippen molar-refractivity contribution in [2.75, 3.05) is 7.11 Å². The quantitative estimate of drug-likeness (QED) is 0.556. The fourth-order valence-corrected chi connectivity index (χ4v) is 1.68. The van der Waals surface area contributed by atoms with Crippen molar-refractivity contribution in [3.8, 4) is 0 Å². The Kier molecular flexibility index (Phi) is 2.39. The lowest BCUT2D eigenvalue weighted by Gasteiger charge is -2.46. The highest BCUT2D eigenvalue weighted by Crippen LogP contribution is 2.35. The number of nitrogens with two attached hydrogens (primary N) is 2. The minimum Gasteiger partial charge on any atom is -0.469 e. The third-order valence-electron chi connectivity index (χ3n) is 2.70. The molecule has 4 heteroatoms. The molecule has 0 spiro atoms. The highest BCUT2D eigenvalue weighted by atomic mass is 16.5. The Morgan fingerprint density at radius 1 is 1.67 bits per heavy atom. The average molecular weight is 172 g/mol. The molecule has 4 N–H and O–H groups in total. The summed E-state index contributed by atoms with van der Waals surface area (Å²) >= 11 is 0. The number of carbonyl (C=O) groups is 1. The van der Waals surface area contributed by atoms with Gasteiger partial charge in [-0.05, 0) is 12.8 Å². The van der Waals surface area contributed by atoms with Crippen LogP contribution in [-0.2, 0) is 9.53 Å². The smallest absolute Gasteiger partial charge is 0.310 e. The van der Waals surface area contributed by atoms with Gasteiger partial charge in [0.2, 0.25) is 0 Å². The van der Waals surface area contributed by atoms with Gasteiger partial charge in [-0.15, -0.1) is 0 Å². The number of carbonyl (C=O) groups excluding carboxylic acids is 1. The normalized spacial score (nSPS) is 36.8. The predicted molar refractivity (Wildman–Crippen MR) is 45.3 cm³/mol. The molecular formula is C8H16N2O2. The van der Waals surface area contributed by atoms with Crippen LogP contribution < -0.4 is 11.5 Å². The van der Waals surface area contributed by atoms with Crippen LogP contribution in [0.15, 0.2) is 0 Å². The van der Waals surface area contributed by atoms with E-state index in [-0.39, 0.29) is 17.9 Å². The standard InChI is InChI=1S/C8H16N2O2/c1-5(7(11)12-2)8(10)3-6(9)4-8/h5-6H,3-4,9-10H2,1-2H3. The van der Waals surface area contributed by atoms with Crippen LogP contribution in [0.5, 0.6) is 0 Å². The molecule has 0 aromatic heterocycles. The summed E-state index contributed by atoms with van der Waals surface area (Å²) in [6.45, 7) is 1.79. The van der Waals surface area contributed by atoms with Gasteiger partial charge in [-0.1, -0.05) is 6.92 Å². The Morgan fingerprint density at radius 2 is 2.17 bits per heavy atom. The summed E-state index contributed by atoms with van der Waals surface area (Å²) in [5, 5.41) is 0. The van der Waals surface area contributed by atoms with Crippen LogP contribution in [0.3, 0.4) is 0 Å². The first kappa shape index (κ1) is 9.48. The summed E-state index contributed by atoms with van der Waals surface area (Å²) in [6.07, 6.45) is 1.42. The molecule has 1 rings (SSSR count). The minimum atomic E-state index is -0.424. The van der Waals surface area contributed by atoms with Gasteiger partial charge in [0.05, 0.1) is 13.0 Å². The maximum Gasteiger partial charge on any atom is 0.310 e. The lowest BCUT2D eigenvalue weighted by Crippen LogP contribution is -2.63. The van der Waals surface area contributed by atoms with E-state index >= 15 is 0 Å². The second kappa shape index (κ2) is 3.03. The maximum atomic E-state index is 11.1. The van der Waals surface area contributed by atoms with Gasteiger partial charge in [0.1, 0.15) is 0 Å². The molecule has 0 aromatic carbocycles. The van der Waals surface area contributed by atoms with Crippen molar-refractivity contribution >= 4 is 5.97 Å². The molecule has 1 aliphatic carbocycles. The molecule has 70 valence electrons. The predicted octanol–water partition coefficient (Wildman–Crippen LogP) is -0.386. The summed E-state index contributed by atoms with van der Waals surface area (Å²) in [7, 11) is 1.38. The minimum absolute atomic E-state index is 0.155. The summed E-state index contributed by atoms with van der Waals surface area (Å²) in [4.78, 5) is 11.1. The number of hydrogen-bond acceptors (Lipinski definition) is 4. The SMILES string of the molecule is COC(=O)C(C)C1(N)CC(N)C1. The molecule has 1 aliphatic rings. The largest absolute Gasteiger partial charge is 0.469 e. The van der Waals surface area contributed by atoms with Crippen molar-refractivity contribution in [2.24, 2.45) is 17.4 Å². The Bertz CT molecular complexity index is 187. The lowest BCUT2D eigenvalue weighted by molar-refractivity contribution is -0.148. The summed E-state index contributed by atoms with van der Waals surface area (Å²) in [5.41, 5.74) is 11.1. The van der Waals surface area contributed by atoms with Crippen molar-refractivity contribution in [3.05, 3.63) is 0 Å². The van der Waals surface area contributed by atoms with Gasteiger partial charge in [0, 0.05) is 11.6 Å². The van der Waals surface area contributed by atoms with Crippen molar-refractivity contribution in [1.29, 1.82) is 0 Å². The zero-order chi connectivity index (χ0) is 9.35. The number of methoxy groups -OCH3 is 1. The van der Waals surface area contributed by atoms with Crippen LogP contribution >= 0.6 is 0 Å². The molecule has 0 bridgehead atoms. The fraction of sp³-hybridized carbons (Fsp3) is 0.875. The molecule has 0 radical (unpaired) electrons. The molecule has 0 heterocycles. The Balaban J connectivity index is 2.53. The monoisotopic (exact) mass is 172 g/mol. The van der Waals surface area contributed by atoms with E-state index in [9.17, 15) is 4.79 Å². The molecule has 1 saturated carbocycles. The molecule has 1 atom stereocenters. The summed E-state index contributed by atoms with van der Waals surface area (Å²) < 4.78 is 4.61.